The van der Waals surface area contributed by atoms with Crippen molar-refractivity contribution in [1.29, 1.82) is 0 Å². The van der Waals surface area contributed by atoms with E-state index < -0.39 is 0 Å². The van der Waals surface area contributed by atoms with Crippen LogP contribution in [-0.2, 0) is 5.54 Å². The Kier molecular flexibility index (Phi) is 4.52. The van der Waals surface area contributed by atoms with E-state index in [-0.39, 0.29) is 16.5 Å². The van der Waals surface area contributed by atoms with E-state index in [9.17, 15) is 4.79 Å². The van der Waals surface area contributed by atoms with Crippen molar-refractivity contribution in [3.63, 3.8) is 0 Å². The summed E-state index contributed by atoms with van der Waals surface area (Å²) in [5.41, 5.74) is 0.262. The molecule has 0 aliphatic rings. The molecule has 23 heavy (non-hydrogen) atoms. The monoisotopic (exact) mass is 320 g/mol. The molecule has 0 saturated carbocycles. The van der Waals surface area contributed by atoms with Crippen molar-refractivity contribution in [3.8, 4) is 0 Å². The van der Waals surface area contributed by atoms with E-state index >= 15 is 0 Å². The SMILES string of the molecule is CN(C)CC(C)(C)CNc1nc2c(cnn2C(C)(C)C)c(=O)[nH]1. The average Bonchev–Trinajstić information content (AvgIpc) is 2.79. The van der Waals surface area contributed by atoms with E-state index in [2.05, 4.69) is 53.2 Å². The molecule has 0 atom stereocenters. The molecule has 7 nitrogen and oxygen atoms in total. The molecule has 0 saturated heterocycles. The average molecular weight is 320 g/mol. The van der Waals surface area contributed by atoms with Gasteiger partial charge in [-0.3, -0.25) is 9.78 Å². The Morgan fingerprint density at radius 1 is 1.26 bits per heavy atom. The third-order valence-corrected chi connectivity index (χ3v) is 3.55. The predicted molar refractivity (Wildman–Crippen MR) is 94.0 cm³/mol. The fourth-order valence-electron chi connectivity index (χ4n) is 2.73. The highest BCUT2D eigenvalue weighted by molar-refractivity contribution is 5.74. The number of anilines is 1. The minimum Gasteiger partial charge on any atom is -0.355 e. The minimum atomic E-state index is -0.232. The number of rotatable bonds is 5. The number of nitrogens with one attached hydrogen (secondary N) is 2. The van der Waals surface area contributed by atoms with E-state index in [0.29, 0.717) is 23.5 Å². The Labute approximate surface area is 137 Å². The number of aromatic amines is 1. The van der Waals surface area contributed by atoms with Crippen LogP contribution < -0.4 is 10.9 Å². The first-order valence-corrected chi connectivity index (χ1v) is 7.87. The van der Waals surface area contributed by atoms with Gasteiger partial charge in [0.05, 0.1) is 11.7 Å². The molecule has 2 aromatic heterocycles. The summed E-state index contributed by atoms with van der Waals surface area (Å²) in [4.78, 5) is 21.8. The van der Waals surface area contributed by atoms with Crippen LogP contribution in [0.3, 0.4) is 0 Å². The van der Waals surface area contributed by atoms with Gasteiger partial charge < -0.3 is 10.2 Å². The normalized spacial score (nSPS) is 13.0. The van der Waals surface area contributed by atoms with Gasteiger partial charge in [0.1, 0.15) is 5.39 Å². The van der Waals surface area contributed by atoms with Crippen molar-refractivity contribution in [2.45, 2.75) is 40.2 Å². The van der Waals surface area contributed by atoms with Crippen LogP contribution in [0.1, 0.15) is 34.6 Å². The van der Waals surface area contributed by atoms with E-state index in [1.54, 1.807) is 10.9 Å². The zero-order chi connectivity index (χ0) is 17.4. The van der Waals surface area contributed by atoms with Crippen LogP contribution in [-0.4, -0.2) is 51.8 Å². The maximum atomic E-state index is 12.2. The van der Waals surface area contributed by atoms with Gasteiger partial charge in [0.2, 0.25) is 5.95 Å². The van der Waals surface area contributed by atoms with Crippen LogP contribution in [0.25, 0.3) is 11.0 Å². The van der Waals surface area contributed by atoms with Crippen LogP contribution in [0.2, 0.25) is 0 Å². The van der Waals surface area contributed by atoms with E-state index in [1.807, 2.05) is 20.8 Å². The zero-order valence-corrected chi connectivity index (χ0v) is 15.2. The molecule has 0 amide bonds. The standard InChI is InChI=1S/C16H28N6O/c1-15(2,3)22-12-11(8-18-22)13(23)20-14(19-12)17-9-16(4,5)10-21(6)7/h8H,9-10H2,1-7H3,(H2,17,19,20,23). The number of H-pyrrole nitrogens is 1. The quantitative estimate of drug-likeness (QED) is 0.879. The van der Waals surface area contributed by atoms with Gasteiger partial charge in [-0.25, -0.2) is 4.68 Å². The second kappa shape index (κ2) is 5.96. The lowest BCUT2D eigenvalue weighted by molar-refractivity contribution is 0.254. The maximum Gasteiger partial charge on any atom is 0.263 e. The molecule has 0 bridgehead atoms. The fourth-order valence-corrected chi connectivity index (χ4v) is 2.73. The molecule has 0 unspecified atom stereocenters. The molecule has 0 spiro atoms. The molecule has 0 fully saturated rings. The van der Waals surface area contributed by atoms with Crippen LogP contribution >= 0.6 is 0 Å². The number of fused-ring (bicyclic) bond motifs is 1. The highest BCUT2D eigenvalue weighted by Crippen LogP contribution is 2.20. The molecule has 2 rings (SSSR count). The molecule has 2 N–H and O–H groups in total. The molecule has 0 aromatic carbocycles. The van der Waals surface area contributed by atoms with Crippen molar-refractivity contribution >= 4 is 17.0 Å². The third-order valence-electron chi connectivity index (χ3n) is 3.55. The lowest BCUT2D eigenvalue weighted by atomic mass is 9.93. The van der Waals surface area contributed by atoms with E-state index in [1.165, 1.54) is 0 Å². The highest BCUT2D eigenvalue weighted by atomic mass is 16.1. The number of nitrogens with zero attached hydrogens (tertiary/aromatic N) is 4. The largest absolute Gasteiger partial charge is 0.355 e. The summed E-state index contributed by atoms with van der Waals surface area (Å²) in [7, 11) is 4.10. The second-order valence-corrected chi connectivity index (χ2v) is 8.13. The lowest BCUT2D eigenvalue weighted by Crippen LogP contribution is -2.35. The molecule has 0 radical (unpaired) electrons. The van der Waals surface area contributed by atoms with Crippen LogP contribution in [0.4, 0.5) is 5.95 Å². The van der Waals surface area contributed by atoms with Gasteiger partial charge in [-0.1, -0.05) is 13.8 Å². The van der Waals surface area contributed by atoms with Crippen molar-refractivity contribution in [2.75, 3.05) is 32.5 Å². The van der Waals surface area contributed by atoms with Crippen LogP contribution in [0.15, 0.2) is 11.0 Å². The van der Waals surface area contributed by atoms with Gasteiger partial charge in [-0.05, 0) is 40.3 Å². The Balaban J connectivity index is 2.31. The molecule has 2 aromatic rings. The first-order chi connectivity index (χ1) is 10.5. The summed E-state index contributed by atoms with van der Waals surface area (Å²) in [5, 5.41) is 8.09. The third kappa shape index (κ3) is 4.10. The Morgan fingerprint density at radius 2 is 1.91 bits per heavy atom. The van der Waals surface area contributed by atoms with Crippen molar-refractivity contribution < 1.29 is 0 Å². The summed E-state index contributed by atoms with van der Waals surface area (Å²) in [6, 6.07) is 0. The first kappa shape index (κ1) is 17.5. The molecular weight excluding hydrogens is 292 g/mol. The summed E-state index contributed by atoms with van der Waals surface area (Å²) in [5.74, 6) is 0.486. The topological polar surface area (TPSA) is 78.8 Å². The van der Waals surface area contributed by atoms with Gasteiger partial charge in [-0.2, -0.15) is 10.1 Å². The molecule has 128 valence electrons. The smallest absolute Gasteiger partial charge is 0.263 e. The Morgan fingerprint density at radius 3 is 2.48 bits per heavy atom. The van der Waals surface area contributed by atoms with Crippen molar-refractivity contribution in [1.82, 2.24) is 24.6 Å². The summed E-state index contributed by atoms with van der Waals surface area (Å²) < 4.78 is 1.79. The van der Waals surface area contributed by atoms with Gasteiger partial charge in [0.25, 0.3) is 5.56 Å². The van der Waals surface area contributed by atoms with E-state index in [4.69, 9.17) is 0 Å². The van der Waals surface area contributed by atoms with Crippen LogP contribution in [0, 0.1) is 5.41 Å². The van der Waals surface area contributed by atoms with Crippen LogP contribution in [0.5, 0.6) is 0 Å². The Hall–Kier alpha value is -1.89. The molecule has 0 aliphatic heterocycles. The molecule has 2 heterocycles. The lowest BCUT2D eigenvalue weighted by Gasteiger charge is -2.28. The fraction of sp³-hybridized carbons (Fsp3) is 0.688. The highest BCUT2D eigenvalue weighted by Gasteiger charge is 2.21. The molecule has 0 aliphatic carbocycles. The molecular formula is C16H28N6O. The minimum absolute atomic E-state index is 0.0568. The van der Waals surface area contributed by atoms with Crippen molar-refractivity contribution in [3.05, 3.63) is 16.6 Å². The summed E-state index contributed by atoms with van der Waals surface area (Å²) in [6.07, 6.45) is 1.58. The van der Waals surface area contributed by atoms with E-state index in [0.717, 1.165) is 6.54 Å². The molecule has 7 heteroatoms. The number of hydrogen-bond donors (Lipinski definition) is 2. The van der Waals surface area contributed by atoms with Gasteiger partial charge >= 0.3 is 0 Å². The Bertz CT molecular complexity index is 735. The maximum absolute atomic E-state index is 12.2. The zero-order valence-electron chi connectivity index (χ0n) is 15.2. The number of aromatic nitrogens is 4. The predicted octanol–water partition coefficient (Wildman–Crippen LogP) is 1.87. The summed E-state index contributed by atoms with van der Waals surface area (Å²) >= 11 is 0. The second-order valence-electron chi connectivity index (χ2n) is 8.13. The van der Waals surface area contributed by atoms with Gasteiger partial charge in [0, 0.05) is 13.1 Å². The first-order valence-electron chi connectivity index (χ1n) is 7.87. The van der Waals surface area contributed by atoms with Crippen molar-refractivity contribution in [2.24, 2.45) is 5.41 Å². The van der Waals surface area contributed by atoms with Gasteiger partial charge in [0.15, 0.2) is 5.65 Å². The summed E-state index contributed by atoms with van der Waals surface area (Å²) in [6.45, 7) is 12.1. The number of hydrogen-bond acceptors (Lipinski definition) is 5. The van der Waals surface area contributed by atoms with Gasteiger partial charge in [-0.15, -0.1) is 0 Å².